The predicted molar refractivity (Wildman–Crippen MR) is 109 cm³/mol. The highest BCUT2D eigenvalue weighted by Crippen LogP contribution is 2.55. The van der Waals surface area contributed by atoms with Crippen molar-refractivity contribution in [1.29, 1.82) is 0 Å². The fourth-order valence-corrected chi connectivity index (χ4v) is 4.58. The molecular formula is C23H24O8. The summed E-state index contributed by atoms with van der Waals surface area (Å²) in [5.41, 5.74) is 0.411. The van der Waals surface area contributed by atoms with Gasteiger partial charge in [-0.2, -0.15) is 0 Å². The SMILES string of the molecule is C=C(CO)[C@H]1Cc2c(ccc3c2O[C@H]2COc4cc(OC)c(OC)cc4[C@@]2(O)[C@@H]3O)O1. The Hall–Kier alpha value is -2.94. The van der Waals surface area contributed by atoms with Crippen molar-refractivity contribution in [3.8, 4) is 28.7 Å². The standard InChI is InChI=1S/C23H24O8/c1-11(9-24)16-6-13-15(30-16)5-4-12-21(13)31-20-10-29-17-8-19(28-3)18(27-2)7-14(17)23(20,26)22(12)25/h4-5,7-8,16,20,22,24-26H,1,6,9-10H2,2-3H3/t16-,20+,22-,23+/m1/s1. The summed E-state index contributed by atoms with van der Waals surface area (Å²) in [5.74, 6) is 2.34. The van der Waals surface area contributed by atoms with Crippen molar-refractivity contribution in [3.05, 3.63) is 53.1 Å². The number of aliphatic hydroxyl groups is 3. The summed E-state index contributed by atoms with van der Waals surface area (Å²) in [6.07, 6.45) is -2.04. The number of aliphatic hydroxyl groups excluding tert-OH is 2. The summed E-state index contributed by atoms with van der Waals surface area (Å²) in [4.78, 5) is 0. The Balaban J connectivity index is 1.60. The number of methoxy groups -OCH3 is 2. The van der Waals surface area contributed by atoms with Crippen LogP contribution in [0.25, 0.3) is 0 Å². The quantitative estimate of drug-likeness (QED) is 0.631. The molecule has 5 rings (SSSR count). The fraction of sp³-hybridized carbons (Fsp3) is 0.391. The Kier molecular flexibility index (Phi) is 4.55. The maximum atomic E-state index is 11.7. The summed E-state index contributed by atoms with van der Waals surface area (Å²) < 4.78 is 28.7. The van der Waals surface area contributed by atoms with Crippen molar-refractivity contribution < 1.29 is 39.0 Å². The van der Waals surface area contributed by atoms with E-state index in [0.29, 0.717) is 51.9 Å². The normalized spacial score (nSPS) is 27.5. The highest BCUT2D eigenvalue weighted by Gasteiger charge is 2.56. The van der Waals surface area contributed by atoms with Gasteiger partial charge in [-0.15, -0.1) is 0 Å². The molecule has 2 aromatic rings. The first-order valence-corrected chi connectivity index (χ1v) is 9.99. The zero-order valence-corrected chi connectivity index (χ0v) is 17.3. The van der Waals surface area contributed by atoms with E-state index >= 15 is 0 Å². The molecule has 3 aliphatic rings. The van der Waals surface area contributed by atoms with Crippen molar-refractivity contribution in [3.63, 3.8) is 0 Å². The lowest BCUT2D eigenvalue weighted by Crippen LogP contribution is -2.56. The molecule has 0 radical (unpaired) electrons. The molecule has 2 aromatic carbocycles. The van der Waals surface area contributed by atoms with Crippen LogP contribution in [0.15, 0.2) is 36.4 Å². The molecule has 0 aliphatic carbocycles. The van der Waals surface area contributed by atoms with Crippen LogP contribution in [0.3, 0.4) is 0 Å². The molecule has 0 bridgehead atoms. The van der Waals surface area contributed by atoms with Crippen molar-refractivity contribution >= 4 is 0 Å². The fourth-order valence-electron chi connectivity index (χ4n) is 4.58. The Morgan fingerprint density at radius 2 is 1.90 bits per heavy atom. The van der Waals surface area contributed by atoms with Gasteiger partial charge in [0.2, 0.25) is 0 Å². The maximum absolute atomic E-state index is 11.7. The highest BCUT2D eigenvalue weighted by molar-refractivity contribution is 5.60. The van der Waals surface area contributed by atoms with Crippen molar-refractivity contribution in [2.45, 2.75) is 30.3 Å². The Labute approximate surface area is 179 Å². The molecule has 31 heavy (non-hydrogen) atoms. The van der Waals surface area contributed by atoms with E-state index in [1.807, 2.05) is 0 Å². The minimum atomic E-state index is -1.75. The van der Waals surface area contributed by atoms with Crippen LogP contribution in [0.1, 0.15) is 22.8 Å². The third-order valence-corrected chi connectivity index (χ3v) is 6.34. The summed E-state index contributed by atoms with van der Waals surface area (Å²) in [6.45, 7) is 3.71. The van der Waals surface area contributed by atoms with Crippen molar-refractivity contribution in [2.24, 2.45) is 0 Å². The van der Waals surface area contributed by atoms with E-state index in [2.05, 4.69) is 6.58 Å². The molecule has 0 amide bonds. The molecular weight excluding hydrogens is 404 g/mol. The zero-order valence-electron chi connectivity index (χ0n) is 17.3. The second-order valence-electron chi connectivity index (χ2n) is 7.94. The van der Waals surface area contributed by atoms with Gasteiger partial charge < -0.3 is 39.0 Å². The van der Waals surface area contributed by atoms with Gasteiger partial charge in [-0.05, 0) is 23.8 Å². The summed E-state index contributed by atoms with van der Waals surface area (Å²) in [7, 11) is 3.01. The van der Waals surface area contributed by atoms with Gasteiger partial charge in [-0.1, -0.05) is 6.58 Å². The first-order chi connectivity index (χ1) is 14.9. The van der Waals surface area contributed by atoms with Crippen molar-refractivity contribution in [1.82, 2.24) is 0 Å². The average Bonchev–Trinajstić information content (AvgIpc) is 3.23. The van der Waals surface area contributed by atoms with Crippen LogP contribution in [-0.2, 0) is 12.0 Å². The van der Waals surface area contributed by atoms with Gasteiger partial charge in [0.1, 0.15) is 36.1 Å². The molecule has 8 heteroatoms. The first kappa shape index (κ1) is 20.0. The van der Waals surface area contributed by atoms with Crippen LogP contribution in [0.4, 0.5) is 0 Å². The lowest BCUT2D eigenvalue weighted by molar-refractivity contribution is -0.179. The first-order valence-electron chi connectivity index (χ1n) is 9.99. The number of fused-ring (bicyclic) bond motifs is 6. The van der Waals surface area contributed by atoms with E-state index < -0.39 is 17.8 Å². The molecule has 0 saturated carbocycles. The minimum absolute atomic E-state index is 0.0345. The van der Waals surface area contributed by atoms with Crippen LogP contribution in [0.2, 0.25) is 0 Å². The largest absolute Gasteiger partial charge is 0.493 e. The molecule has 0 unspecified atom stereocenters. The van der Waals surface area contributed by atoms with Crippen molar-refractivity contribution in [2.75, 3.05) is 27.4 Å². The lowest BCUT2D eigenvalue weighted by atomic mass is 9.76. The van der Waals surface area contributed by atoms with Gasteiger partial charge in [0.15, 0.2) is 23.2 Å². The molecule has 4 atom stereocenters. The van der Waals surface area contributed by atoms with Crippen LogP contribution in [-0.4, -0.2) is 55.0 Å². The Morgan fingerprint density at radius 1 is 1.16 bits per heavy atom. The predicted octanol–water partition coefficient (Wildman–Crippen LogP) is 1.63. The van der Waals surface area contributed by atoms with Gasteiger partial charge in [0, 0.05) is 29.2 Å². The van der Waals surface area contributed by atoms with Gasteiger partial charge in [0.25, 0.3) is 0 Å². The van der Waals surface area contributed by atoms with Gasteiger partial charge in [-0.3, -0.25) is 0 Å². The lowest BCUT2D eigenvalue weighted by Gasteiger charge is -2.47. The monoisotopic (exact) mass is 428 g/mol. The summed E-state index contributed by atoms with van der Waals surface area (Å²) in [5, 5.41) is 32.5. The molecule has 0 spiro atoms. The van der Waals surface area contributed by atoms with E-state index in [1.165, 1.54) is 14.2 Å². The van der Waals surface area contributed by atoms with E-state index in [9.17, 15) is 15.3 Å². The Bertz CT molecular complexity index is 1060. The zero-order chi connectivity index (χ0) is 21.9. The summed E-state index contributed by atoms with van der Waals surface area (Å²) in [6, 6.07) is 6.67. The average molecular weight is 428 g/mol. The second kappa shape index (κ2) is 7.05. The van der Waals surface area contributed by atoms with E-state index in [1.54, 1.807) is 24.3 Å². The molecule has 3 N–H and O–H groups in total. The number of ether oxygens (including phenoxy) is 5. The van der Waals surface area contributed by atoms with E-state index in [-0.39, 0.29) is 19.3 Å². The second-order valence-corrected chi connectivity index (χ2v) is 7.94. The number of rotatable bonds is 4. The summed E-state index contributed by atoms with van der Waals surface area (Å²) >= 11 is 0. The molecule has 3 aliphatic heterocycles. The maximum Gasteiger partial charge on any atom is 0.168 e. The van der Waals surface area contributed by atoms with E-state index in [0.717, 1.165) is 5.56 Å². The van der Waals surface area contributed by atoms with Crippen LogP contribution in [0.5, 0.6) is 28.7 Å². The topological polar surface area (TPSA) is 107 Å². The third kappa shape index (κ3) is 2.72. The molecule has 0 aromatic heterocycles. The van der Waals surface area contributed by atoms with Gasteiger partial charge in [0.05, 0.1) is 20.8 Å². The van der Waals surface area contributed by atoms with Gasteiger partial charge in [-0.25, -0.2) is 0 Å². The highest BCUT2D eigenvalue weighted by atomic mass is 16.6. The number of hydrogen-bond donors (Lipinski definition) is 3. The number of benzene rings is 2. The molecule has 3 heterocycles. The Morgan fingerprint density at radius 3 is 2.61 bits per heavy atom. The van der Waals surface area contributed by atoms with Crippen LogP contribution in [0, 0.1) is 0 Å². The number of hydrogen-bond acceptors (Lipinski definition) is 8. The smallest absolute Gasteiger partial charge is 0.168 e. The molecule has 0 fully saturated rings. The molecule has 0 saturated heterocycles. The molecule has 8 nitrogen and oxygen atoms in total. The minimum Gasteiger partial charge on any atom is -0.493 e. The van der Waals surface area contributed by atoms with Crippen LogP contribution >= 0.6 is 0 Å². The van der Waals surface area contributed by atoms with Crippen LogP contribution < -0.4 is 23.7 Å². The molecule has 164 valence electrons. The van der Waals surface area contributed by atoms with Gasteiger partial charge >= 0.3 is 0 Å². The van der Waals surface area contributed by atoms with E-state index in [4.69, 9.17) is 23.7 Å². The third-order valence-electron chi connectivity index (χ3n) is 6.34.